The Balaban J connectivity index is 1.34. The lowest BCUT2D eigenvalue weighted by molar-refractivity contribution is -0.116. The van der Waals surface area contributed by atoms with Crippen LogP contribution in [0, 0.1) is 24.2 Å². The molecule has 4 rings (SSSR count). The first-order valence-electron chi connectivity index (χ1n) is 11.8. The molecule has 0 bridgehead atoms. The highest BCUT2D eigenvalue weighted by Gasteiger charge is 2.29. The number of aryl methyl sites for hydroxylation is 1. The topological polar surface area (TPSA) is 29.1 Å². The molecular weight excluding hydrogens is 414 g/mol. The second-order valence-corrected chi connectivity index (χ2v) is 10.7. The lowest BCUT2D eigenvalue weighted by atomic mass is 9.70. The molecule has 168 valence electrons. The Labute approximate surface area is 197 Å². The van der Waals surface area contributed by atoms with Gasteiger partial charge >= 0.3 is 0 Å². The maximum absolute atomic E-state index is 12.7. The summed E-state index contributed by atoms with van der Waals surface area (Å²) >= 11 is 6.08. The van der Waals surface area contributed by atoms with E-state index in [-0.39, 0.29) is 5.91 Å². The molecule has 2 aromatic rings. The molecule has 2 aromatic carbocycles. The van der Waals surface area contributed by atoms with Crippen LogP contribution in [0.2, 0.25) is 5.02 Å². The minimum atomic E-state index is 0.0844. The van der Waals surface area contributed by atoms with Crippen molar-refractivity contribution in [1.82, 2.24) is 0 Å². The molecule has 1 N–H and O–H groups in total. The standard InChI is InChI=1S/C29H34ClNO/c1-20-17-25(30)9-12-27(20)23-7-10-26(11-8-23)31-28(32)19-21-5-4-6-24(18-21)22-13-15-29(2,3)16-14-22/h4,6-12,17-18,21-22H,5,13-16,19H2,1-3H3,(H,31,32). The van der Waals surface area contributed by atoms with Gasteiger partial charge in [-0.2, -0.15) is 0 Å². The first kappa shape index (κ1) is 22.9. The number of carbonyl (C=O) groups is 1. The van der Waals surface area contributed by atoms with Gasteiger partial charge in [-0.1, -0.05) is 61.9 Å². The van der Waals surface area contributed by atoms with Crippen molar-refractivity contribution in [3.8, 4) is 11.1 Å². The number of benzene rings is 2. The molecule has 3 heteroatoms. The number of amides is 1. The molecule has 1 fully saturated rings. The van der Waals surface area contributed by atoms with Crippen LogP contribution in [0.1, 0.15) is 57.9 Å². The van der Waals surface area contributed by atoms with Crippen molar-refractivity contribution in [3.05, 3.63) is 76.9 Å². The zero-order valence-corrected chi connectivity index (χ0v) is 20.2. The smallest absolute Gasteiger partial charge is 0.224 e. The van der Waals surface area contributed by atoms with E-state index in [9.17, 15) is 4.79 Å². The number of nitrogens with one attached hydrogen (secondary N) is 1. The summed E-state index contributed by atoms with van der Waals surface area (Å²) in [6.07, 6.45) is 13.5. The Morgan fingerprint density at radius 3 is 2.50 bits per heavy atom. The third-order valence-electron chi connectivity index (χ3n) is 7.10. The normalized spacial score (nSPS) is 20.6. The van der Waals surface area contributed by atoms with E-state index >= 15 is 0 Å². The molecular formula is C29H34ClNO. The Hall–Kier alpha value is -2.32. The second kappa shape index (κ2) is 9.67. The van der Waals surface area contributed by atoms with Gasteiger partial charge in [-0.25, -0.2) is 0 Å². The van der Waals surface area contributed by atoms with Crippen molar-refractivity contribution in [2.75, 3.05) is 5.32 Å². The molecule has 32 heavy (non-hydrogen) atoms. The molecule has 0 radical (unpaired) electrons. The van der Waals surface area contributed by atoms with Crippen molar-refractivity contribution in [3.63, 3.8) is 0 Å². The van der Waals surface area contributed by atoms with Crippen LogP contribution in [0.25, 0.3) is 11.1 Å². The summed E-state index contributed by atoms with van der Waals surface area (Å²) < 4.78 is 0. The van der Waals surface area contributed by atoms with Crippen molar-refractivity contribution in [2.45, 2.75) is 59.3 Å². The van der Waals surface area contributed by atoms with Gasteiger partial charge in [0.25, 0.3) is 0 Å². The van der Waals surface area contributed by atoms with Crippen LogP contribution in [0.3, 0.4) is 0 Å². The fourth-order valence-electron chi connectivity index (χ4n) is 5.06. The number of carbonyl (C=O) groups excluding carboxylic acids is 1. The maximum atomic E-state index is 12.7. The summed E-state index contributed by atoms with van der Waals surface area (Å²) in [7, 11) is 0. The Morgan fingerprint density at radius 1 is 1.09 bits per heavy atom. The highest BCUT2D eigenvalue weighted by molar-refractivity contribution is 6.30. The first-order valence-corrected chi connectivity index (χ1v) is 12.2. The fourth-order valence-corrected chi connectivity index (χ4v) is 5.28. The van der Waals surface area contributed by atoms with E-state index in [1.807, 2.05) is 30.3 Å². The number of allylic oxidation sites excluding steroid dienone is 4. The summed E-state index contributed by atoms with van der Waals surface area (Å²) in [5, 5.41) is 3.83. The molecule has 0 aromatic heterocycles. The van der Waals surface area contributed by atoms with Crippen molar-refractivity contribution in [2.24, 2.45) is 17.3 Å². The highest BCUT2D eigenvalue weighted by atomic mass is 35.5. The molecule has 0 spiro atoms. The van der Waals surface area contributed by atoms with Crippen LogP contribution in [0.5, 0.6) is 0 Å². The van der Waals surface area contributed by atoms with Crippen LogP contribution >= 0.6 is 11.6 Å². The van der Waals surface area contributed by atoms with Crippen LogP contribution in [0.4, 0.5) is 5.69 Å². The van der Waals surface area contributed by atoms with E-state index in [4.69, 9.17) is 11.6 Å². The highest BCUT2D eigenvalue weighted by Crippen LogP contribution is 2.42. The third kappa shape index (κ3) is 5.72. The van der Waals surface area contributed by atoms with Gasteiger partial charge in [0.05, 0.1) is 0 Å². The zero-order valence-electron chi connectivity index (χ0n) is 19.5. The van der Waals surface area contributed by atoms with E-state index in [1.165, 1.54) is 31.3 Å². The minimum absolute atomic E-state index is 0.0844. The molecule has 2 aliphatic rings. The Bertz CT molecular complexity index is 1020. The van der Waals surface area contributed by atoms with E-state index in [2.05, 4.69) is 56.4 Å². The van der Waals surface area contributed by atoms with Crippen LogP contribution in [0.15, 0.2) is 66.3 Å². The molecule has 1 unspecified atom stereocenters. The van der Waals surface area contributed by atoms with Crippen molar-refractivity contribution < 1.29 is 4.79 Å². The van der Waals surface area contributed by atoms with Gasteiger partial charge in [0, 0.05) is 17.1 Å². The van der Waals surface area contributed by atoms with Crippen molar-refractivity contribution >= 4 is 23.2 Å². The SMILES string of the molecule is Cc1cc(Cl)ccc1-c1ccc(NC(=O)CC2C=C(C3CCC(C)(C)CC3)C=CC2)cc1. The van der Waals surface area contributed by atoms with Gasteiger partial charge < -0.3 is 5.32 Å². The second-order valence-electron chi connectivity index (χ2n) is 10.3. The van der Waals surface area contributed by atoms with Crippen LogP contribution < -0.4 is 5.32 Å². The van der Waals surface area contributed by atoms with Gasteiger partial charge in [-0.05, 0) is 103 Å². The minimum Gasteiger partial charge on any atom is -0.326 e. The summed E-state index contributed by atoms with van der Waals surface area (Å²) in [5.41, 5.74) is 6.20. The van der Waals surface area contributed by atoms with E-state index in [1.54, 1.807) is 0 Å². The van der Waals surface area contributed by atoms with E-state index in [0.29, 0.717) is 23.7 Å². The molecule has 1 saturated carbocycles. The Morgan fingerprint density at radius 2 is 1.81 bits per heavy atom. The summed E-state index contributed by atoms with van der Waals surface area (Å²) in [4.78, 5) is 12.7. The van der Waals surface area contributed by atoms with Crippen LogP contribution in [-0.2, 0) is 4.79 Å². The van der Waals surface area contributed by atoms with Gasteiger partial charge in [-0.3, -0.25) is 4.79 Å². The number of hydrogen-bond acceptors (Lipinski definition) is 1. The fraction of sp³-hybridized carbons (Fsp3) is 0.414. The molecule has 0 heterocycles. The monoisotopic (exact) mass is 447 g/mol. The van der Waals surface area contributed by atoms with Gasteiger partial charge in [0.2, 0.25) is 5.91 Å². The number of halogens is 1. The maximum Gasteiger partial charge on any atom is 0.224 e. The number of hydrogen-bond donors (Lipinski definition) is 1. The van der Waals surface area contributed by atoms with E-state index in [0.717, 1.165) is 33.8 Å². The molecule has 0 aliphatic heterocycles. The third-order valence-corrected chi connectivity index (χ3v) is 7.34. The number of anilines is 1. The molecule has 2 nitrogen and oxygen atoms in total. The van der Waals surface area contributed by atoms with E-state index < -0.39 is 0 Å². The largest absolute Gasteiger partial charge is 0.326 e. The molecule has 0 saturated heterocycles. The van der Waals surface area contributed by atoms with Crippen molar-refractivity contribution in [1.29, 1.82) is 0 Å². The first-order chi connectivity index (χ1) is 15.3. The summed E-state index contributed by atoms with van der Waals surface area (Å²) in [6, 6.07) is 14.0. The summed E-state index contributed by atoms with van der Waals surface area (Å²) in [5.74, 6) is 1.04. The van der Waals surface area contributed by atoms with Gasteiger partial charge in [0.1, 0.15) is 0 Å². The lowest BCUT2D eigenvalue weighted by Crippen LogP contribution is -2.23. The molecule has 2 aliphatic carbocycles. The quantitative estimate of drug-likeness (QED) is 0.490. The average Bonchev–Trinajstić information content (AvgIpc) is 2.75. The Kier molecular flexibility index (Phi) is 6.90. The predicted molar refractivity (Wildman–Crippen MR) is 136 cm³/mol. The average molecular weight is 448 g/mol. The van der Waals surface area contributed by atoms with Crippen LogP contribution in [-0.4, -0.2) is 5.91 Å². The lowest BCUT2D eigenvalue weighted by Gasteiger charge is -2.35. The molecule has 1 atom stereocenters. The van der Waals surface area contributed by atoms with Gasteiger partial charge in [-0.15, -0.1) is 0 Å². The van der Waals surface area contributed by atoms with Gasteiger partial charge in [0.15, 0.2) is 0 Å². The summed E-state index contributed by atoms with van der Waals surface area (Å²) in [6.45, 7) is 6.82. The number of rotatable bonds is 5. The molecule has 1 amide bonds. The predicted octanol–water partition coefficient (Wildman–Crippen LogP) is 8.36. The zero-order chi connectivity index (χ0) is 22.7.